The van der Waals surface area contributed by atoms with Gasteiger partial charge in [0, 0.05) is 16.5 Å². The Bertz CT molecular complexity index is 3730. The standard InChI is InChI=1S/C67H47N/c1-44-32-42-63(55-24-8-6-20-51(44)55)68(64-43-33-45(2)52-21-7-9-25-56(52)64)50-40-36-47(37-41-50)66-59-28-12-10-26-57(59)65(58-27-11-13-29-60(58)66)46-34-38-49(39-35-46)67(48-18-4-3-5-19-48)61-30-16-14-22-53(61)54-23-15-17-31-62(54)67/h3-43H,1-2H3. The first-order valence-electron chi connectivity index (χ1n) is 23.8. The summed E-state index contributed by atoms with van der Waals surface area (Å²) in [5.41, 5.74) is 18.2. The third-order valence-corrected chi connectivity index (χ3v) is 14.8. The lowest BCUT2D eigenvalue weighted by atomic mass is 9.67. The molecule has 1 heteroatoms. The molecule has 0 unspecified atom stereocenters. The molecule has 1 aliphatic carbocycles. The minimum atomic E-state index is -0.443. The second-order valence-corrected chi connectivity index (χ2v) is 18.4. The Labute approximate surface area is 397 Å². The molecule has 0 aromatic heterocycles. The van der Waals surface area contributed by atoms with Gasteiger partial charge in [-0.3, -0.25) is 0 Å². The minimum absolute atomic E-state index is 0.443. The lowest BCUT2D eigenvalue weighted by Crippen LogP contribution is -2.28. The molecule has 1 nitrogen and oxygen atoms in total. The zero-order valence-corrected chi connectivity index (χ0v) is 38.1. The van der Waals surface area contributed by atoms with Crippen LogP contribution in [-0.2, 0) is 5.41 Å². The van der Waals surface area contributed by atoms with Crippen LogP contribution in [0.2, 0.25) is 0 Å². The normalized spacial score (nSPS) is 12.7. The number of rotatable bonds is 7. The van der Waals surface area contributed by atoms with Crippen molar-refractivity contribution in [3.8, 4) is 33.4 Å². The third kappa shape index (κ3) is 5.95. The van der Waals surface area contributed by atoms with Gasteiger partial charge < -0.3 is 4.90 Å². The molecule has 320 valence electrons. The van der Waals surface area contributed by atoms with Gasteiger partial charge >= 0.3 is 0 Å². The molecule has 68 heavy (non-hydrogen) atoms. The summed E-state index contributed by atoms with van der Waals surface area (Å²) in [6, 6.07) is 92.5. The Morgan fingerprint density at radius 2 is 0.632 bits per heavy atom. The first-order chi connectivity index (χ1) is 33.6. The van der Waals surface area contributed by atoms with Gasteiger partial charge in [0.25, 0.3) is 0 Å². The zero-order chi connectivity index (χ0) is 45.3. The van der Waals surface area contributed by atoms with E-state index in [-0.39, 0.29) is 0 Å². The van der Waals surface area contributed by atoms with E-state index in [4.69, 9.17) is 0 Å². The molecular weight excluding hydrogens is 819 g/mol. The van der Waals surface area contributed by atoms with Gasteiger partial charge in [-0.05, 0) is 137 Å². The van der Waals surface area contributed by atoms with E-state index in [1.807, 2.05) is 0 Å². The van der Waals surface area contributed by atoms with Gasteiger partial charge in [0.1, 0.15) is 0 Å². The topological polar surface area (TPSA) is 3.24 Å². The van der Waals surface area contributed by atoms with Crippen LogP contribution in [0, 0.1) is 13.8 Å². The van der Waals surface area contributed by atoms with Gasteiger partial charge in [-0.15, -0.1) is 0 Å². The van der Waals surface area contributed by atoms with Crippen LogP contribution in [0.4, 0.5) is 17.1 Å². The molecular formula is C67H47N. The van der Waals surface area contributed by atoms with Crippen molar-refractivity contribution in [3.05, 3.63) is 282 Å². The van der Waals surface area contributed by atoms with Gasteiger partial charge in [-0.1, -0.05) is 224 Å². The van der Waals surface area contributed by atoms with Gasteiger partial charge in [0.2, 0.25) is 0 Å². The Hall–Kier alpha value is -8.52. The molecule has 0 spiro atoms. The fourth-order valence-corrected chi connectivity index (χ4v) is 11.8. The summed E-state index contributed by atoms with van der Waals surface area (Å²) < 4.78 is 0. The maximum Gasteiger partial charge on any atom is 0.0713 e. The molecule has 0 fully saturated rings. The van der Waals surface area contributed by atoms with Crippen LogP contribution in [0.5, 0.6) is 0 Å². The highest BCUT2D eigenvalue weighted by molar-refractivity contribution is 6.21. The van der Waals surface area contributed by atoms with Gasteiger partial charge in [-0.2, -0.15) is 0 Å². The highest BCUT2D eigenvalue weighted by Gasteiger charge is 2.45. The summed E-state index contributed by atoms with van der Waals surface area (Å²) in [6.07, 6.45) is 0. The molecule has 0 saturated carbocycles. The van der Waals surface area contributed by atoms with Crippen LogP contribution < -0.4 is 4.90 Å². The lowest BCUT2D eigenvalue weighted by Gasteiger charge is -2.34. The van der Waals surface area contributed by atoms with Crippen LogP contribution in [-0.4, -0.2) is 0 Å². The number of aryl methyl sites for hydroxylation is 2. The van der Waals surface area contributed by atoms with Gasteiger partial charge in [-0.25, -0.2) is 0 Å². The summed E-state index contributed by atoms with van der Waals surface area (Å²) in [7, 11) is 0. The second-order valence-electron chi connectivity index (χ2n) is 18.4. The smallest absolute Gasteiger partial charge is 0.0713 e. The predicted octanol–water partition coefficient (Wildman–Crippen LogP) is 18.1. The van der Waals surface area contributed by atoms with Crippen LogP contribution in [0.15, 0.2) is 249 Å². The molecule has 1 aliphatic rings. The molecule has 13 rings (SSSR count). The summed E-state index contributed by atoms with van der Waals surface area (Å²) in [6.45, 7) is 4.41. The molecule has 0 N–H and O–H groups in total. The molecule has 0 heterocycles. The Balaban J connectivity index is 0.971. The van der Waals surface area contributed by atoms with Crippen molar-refractivity contribution in [2.45, 2.75) is 19.3 Å². The van der Waals surface area contributed by atoms with Crippen molar-refractivity contribution in [1.29, 1.82) is 0 Å². The van der Waals surface area contributed by atoms with E-state index < -0.39 is 5.41 Å². The molecule has 0 atom stereocenters. The number of benzene rings is 12. The number of nitrogens with zero attached hydrogens (tertiary/aromatic N) is 1. The van der Waals surface area contributed by atoms with E-state index >= 15 is 0 Å². The number of anilines is 3. The van der Waals surface area contributed by atoms with E-state index in [2.05, 4.69) is 267 Å². The van der Waals surface area contributed by atoms with E-state index in [9.17, 15) is 0 Å². The molecule has 0 amide bonds. The van der Waals surface area contributed by atoms with E-state index in [0.29, 0.717) is 0 Å². The molecule has 0 radical (unpaired) electrons. The average Bonchev–Trinajstić information content (AvgIpc) is 3.71. The summed E-state index contributed by atoms with van der Waals surface area (Å²) in [5, 5.41) is 9.95. The highest BCUT2D eigenvalue weighted by Crippen LogP contribution is 2.56. The minimum Gasteiger partial charge on any atom is -0.309 e. The number of hydrogen-bond donors (Lipinski definition) is 0. The van der Waals surface area contributed by atoms with Gasteiger partial charge in [0.05, 0.1) is 16.8 Å². The van der Waals surface area contributed by atoms with Crippen LogP contribution >= 0.6 is 0 Å². The van der Waals surface area contributed by atoms with Crippen molar-refractivity contribution < 1.29 is 0 Å². The van der Waals surface area contributed by atoms with Crippen molar-refractivity contribution in [2.75, 3.05) is 4.90 Å². The molecule has 0 bridgehead atoms. The Morgan fingerprint density at radius 1 is 0.279 bits per heavy atom. The van der Waals surface area contributed by atoms with Crippen molar-refractivity contribution in [2.24, 2.45) is 0 Å². The first-order valence-corrected chi connectivity index (χ1v) is 23.8. The summed E-state index contributed by atoms with van der Waals surface area (Å²) >= 11 is 0. The largest absolute Gasteiger partial charge is 0.309 e. The second kappa shape index (κ2) is 15.8. The predicted molar refractivity (Wildman–Crippen MR) is 289 cm³/mol. The van der Waals surface area contributed by atoms with E-state index in [0.717, 1.165) is 17.1 Å². The van der Waals surface area contributed by atoms with Crippen LogP contribution in [0.25, 0.3) is 76.5 Å². The summed E-state index contributed by atoms with van der Waals surface area (Å²) in [5.74, 6) is 0. The monoisotopic (exact) mass is 865 g/mol. The molecule has 0 saturated heterocycles. The van der Waals surface area contributed by atoms with Crippen molar-refractivity contribution >= 4 is 60.2 Å². The van der Waals surface area contributed by atoms with Crippen molar-refractivity contribution in [3.63, 3.8) is 0 Å². The fourth-order valence-electron chi connectivity index (χ4n) is 11.8. The number of hydrogen-bond acceptors (Lipinski definition) is 1. The average molecular weight is 866 g/mol. The molecule has 0 aliphatic heterocycles. The van der Waals surface area contributed by atoms with Crippen molar-refractivity contribution in [1.82, 2.24) is 0 Å². The van der Waals surface area contributed by atoms with Crippen LogP contribution in [0.3, 0.4) is 0 Å². The van der Waals surface area contributed by atoms with E-state index in [1.165, 1.54) is 110 Å². The van der Waals surface area contributed by atoms with Crippen LogP contribution in [0.1, 0.15) is 33.4 Å². The van der Waals surface area contributed by atoms with E-state index in [1.54, 1.807) is 0 Å². The maximum atomic E-state index is 2.46. The highest BCUT2D eigenvalue weighted by atomic mass is 15.1. The summed E-state index contributed by atoms with van der Waals surface area (Å²) in [4.78, 5) is 2.46. The SMILES string of the molecule is Cc1ccc(N(c2ccc(-c3c4ccccc4c(-c4ccc(C5(c6ccccc6)c6ccccc6-c6ccccc65)cc4)c4ccccc34)cc2)c2ccc(C)c3ccccc23)c2ccccc12. The molecule has 12 aromatic rings. The Kier molecular flexibility index (Phi) is 9.27. The van der Waals surface area contributed by atoms with Gasteiger partial charge in [0.15, 0.2) is 0 Å². The lowest BCUT2D eigenvalue weighted by molar-refractivity contribution is 0.768. The zero-order valence-electron chi connectivity index (χ0n) is 38.1. The fraction of sp³-hybridized carbons (Fsp3) is 0.0448. The molecule has 12 aromatic carbocycles. The number of fused-ring (bicyclic) bond motifs is 7. The quantitative estimate of drug-likeness (QED) is 0.144. The third-order valence-electron chi connectivity index (χ3n) is 14.8. The Morgan fingerprint density at radius 3 is 1.09 bits per heavy atom. The first kappa shape index (κ1) is 39.8. The maximum absolute atomic E-state index is 2.46.